The number of allylic oxidation sites excluding steroid dienone is 1. The number of hydrogen-bond donors (Lipinski definition) is 2. The van der Waals surface area contributed by atoms with Crippen molar-refractivity contribution in [3.8, 4) is 5.00 Å². The second kappa shape index (κ2) is 17.1. The molecule has 334 valence electrons. The number of β-amino-alcohol motifs (C(OH)–C–C–N with tert-alkyl or cyclic N) is 1. The molecular formula is C52H53F2N7O3S. The number of rotatable bonds is 8. The molecule has 10 nitrogen and oxygen atoms in total. The lowest BCUT2D eigenvalue weighted by molar-refractivity contribution is -0.0173. The van der Waals surface area contributed by atoms with Gasteiger partial charge in [-0.3, -0.25) is 14.5 Å². The van der Waals surface area contributed by atoms with Crippen molar-refractivity contribution in [3.05, 3.63) is 158 Å². The number of carbonyl (C=O) groups is 1. The van der Waals surface area contributed by atoms with E-state index in [4.69, 9.17) is 4.99 Å². The molecule has 2 saturated heterocycles. The van der Waals surface area contributed by atoms with Crippen molar-refractivity contribution in [3.63, 3.8) is 0 Å². The van der Waals surface area contributed by atoms with Crippen molar-refractivity contribution < 1.29 is 23.8 Å². The Morgan fingerprint density at radius 2 is 1.55 bits per heavy atom. The zero-order valence-electron chi connectivity index (χ0n) is 37.2. The molecule has 2 aromatic heterocycles. The summed E-state index contributed by atoms with van der Waals surface area (Å²) in [5.41, 5.74) is 9.22. The highest BCUT2D eigenvalue weighted by molar-refractivity contribution is 7.15. The Bertz CT molecular complexity index is 2870. The van der Waals surface area contributed by atoms with Gasteiger partial charge < -0.3 is 20.0 Å². The van der Waals surface area contributed by atoms with Crippen LogP contribution in [0.1, 0.15) is 104 Å². The van der Waals surface area contributed by atoms with Gasteiger partial charge in [-0.05, 0) is 124 Å². The van der Waals surface area contributed by atoms with Crippen LogP contribution in [0.3, 0.4) is 0 Å². The number of aliphatic imine (C=N–C) groups is 1. The van der Waals surface area contributed by atoms with Crippen LogP contribution in [0.5, 0.6) is 0 Å². The minimum absolute atomic E-state index is 0.148. The zero-order chi connectivity index (χ0) is 45.1. The summed E-state index contributed by atoms with van der Waals surface area (Å²) < 4.78 is 35.1. The smallest absolute Gasteiger partial charge is 0.335 e. The van der Waals surface area contributed by atoms with Gasteiger partial charge in [-0.25, -0.2) is 13.6 Å². The van der Waals surface area contributed by atoms with Crippen molar-refractivity contribution in [1.29, 1.82) is 0 Å². The highest BCUT2D eigenvalue weighted by atomic mass is 32.1. The van der Waals surface area contributed by atoms with Gasteiger partial charge in [-0.1, -0.05) is 48.5 Å². The predicted octanol–water partition coefficient (Wildman–Crippen LogP) is 9.59. The lowest BCUT2D eigenvalue weighted by Gasteiger charge is -2.44. The van der Waals surface area contributed by atoms with Crippen LogP contribution in [0.25, 0.3) is 16.1 Å². The summed E-state index contributed by atoms with van der Waals surface area (Å²) >= 11 is 1.76. The van der Waals surface area contributed by atoms with Crippen molar-refractivity contribution >= 4 is 45.5 Å². The number of fused-ring (bicyclic) bond motifs is 4. The van der Waals surface area contributed by atoms with Crippen LogP contribution in [0.15, 0.2) is 89.9 Å². The zero-order valence-corrected chi connectivity index (χ0v) is 38.1. The molecule has 2 N–H and O–H groups in total. The number of aryl methyl sites for hydroxylation is 3. The van der Waals surface area contributed by atoms with E-state index in [1.54, 1.807) is 29.5 Å². The van der Waals surface area contributed by atoms with Crippen molar-refractivity contribution in [2.75, 3.05) is 55.6 Å². The van der Waals surface area contributed by atoms with Crippen LogP contribution in [0.4, 0.5) is 20.2 Å². The van der Waals surface area contributed by atoms with Crippen LogP contribution in [-0.4, -0.2) is 93.0 Å². The van der Waals surface area contributed by atoms with Crippen LogP contribution in [0, 0.1) is 32.4 Å². The average molecular weight is 894 g/mol. The van der Waals surface area contributed by atoms with Gasteiger partial charge in [0.15, 0.2) is 5.82 Å². The summed E-state index contributed by atoms with van der Waals surface area (Å²) in [5.74, 6) is -0.330. The first-order valence-electron chi connectivity index (χ1n) is 22.7. The topological polar surface area (TPSA) is 110 Å². The molecule has 65 heavy (non-hydrogen) atoms. The number of carboxylic acid groups (broad SMARTS) is 1. The SMILES string of the molecule is Cc1sc2c(c1C)C(c1ccc(N3CCC(O)(CN4CCN(c5cc(F)c(C6=C(c7ccccc7)CCCc7cc(C(=O)O)ccc76)cc5F)CC4)CC3)cc1)=N[C@@H](C)c1nnc(C)n1-2. The summed E-state index contributed by atoms with van der Waals surface area (Å²) in [6.07, 6.45) is 3.26. The number of piperazine rings is 1. The Labute approximate surface area is 382 Å². The van der Waals surface area contributed by atoms with E-state index in [2.05, 4.69) is 69.6 Å². The fourth-order valence-electron chi connectivity index (χ4n) is 10.3. The Kier molecular flexibility index (Phi) is 11.3. The summed E-state index contributed by atoms with van der Waals surface area (Å²) in [5, 5.41) is 31.5. The van der Waals surface area contributed by atoms with Crippen LogP contribution < -0.4 is 9.80 Å². The van der Waals surface area contributed by atoms with Gasteiger partial charge in [0.25, 0.3) is 0 Å². The fraction of sp³-hybridized carbons (Fsp3) is 0.346. The molecule has 0 unspecified atom stereocenters. The number of thiophene rings is 1. The van der Waals surface area contributed by atoms with E-state index in [-0.39, 0.29) is 22.9 Å². The average Bonchev–Trinajstić information content (AvgIpc) is 3.71. The number of anilines is 2. The standard InChI is InChI=1S/C52H53F2N7O3S/c1-31-33(3)65-50-46(31)48(55-32(2)49-57-56-34(4)61(49)50)36-13-16-39(17-14-36)59-21-19-52(64,20-22-59)30-58-23-25-60(26-24-58)45-29-43(53)42(28-44(45)54)47-40(35-9-6-5-7-10-35)12-8-11-37-27-38(51(62)63)15-18-41(37)47/h5-7,9-10,13-18,27-29,32,64H,8,11-12,19-26,30H2,1-4H3,(H,62,63)/t32-/m0/s1. The first-order chi connectivity index (χ1) is 31.4. The van der Waals surface area contributed by atoms with E-state index in [1.807, 2.05) is 42.2 Å². The molecule has 1 aliphatic carbocycles. The van der Waals surface area contributed by atoms with Gasteiger partial charge in [-0.15, -0.1) is 21.5 Å². The maximum Gasteiger partial charge on any atom is 0.335 e. The van der Waals surface area contributed by atoms with Crippen molar-refractivity contribution in [2.45, 2.75) is 71.4 Å². The monoisotopic (exact) mass is 893 g/mol. The van der Waals surface area contributed by atoms with E-state index in [0.717, 1.165) is 80.9 Å². The first kappa shape index (κ1) is 42.9. The predicted molar refractivity (Wildman–Crippen MR) is 254 cm³/mol. The number of aliphatic hydroxyl groups is 1. The lowest BCUT2D eigenvalue weighted by Crippen LogP contribution is -2.55. The maximum atomic E-state index is 16.6. The number of aromatic nitrogens is 3. The van der Waals surface area contributed by atoms with Crippen LogP contribution in [-0.2, 0) is 6.42 Å². The third kappa shape index (κ3) is 7.97. The third-order valence-corrected chi connectivity index (χ3v) is 15.2. The normalized spacial score (nSPS) is 18.7. The van der Waals surface area contributed by atoms with E-state index in [0.29, 0.717) is 64.0 Å². The van der Waals surface area contributed by atoms with Crippen LogP contribution in [0.2, 0.25) is 0 Å². The number of halogens is 2. The van der Waals surface area contributed by atoms with Gasteiger partial charge >= 0.3 is 5.97 Å². The second-order valence-electron chi connectivity index (χ2n) is 18.1. The lowest BCUT2D eigenvalue weighted by atomic mass is 9.87. The van der Waals surface area contributed by atoms with Crippen molar-refractivity contribution in [2.24, 2.45) is 4.99 Å². The number of benzene rings is 4. The molecule has 6 aromatic rings. The molecule has 10 rings (SSSR count). The molecule has 13 heteroatoms. The maximum absolute atomic E-state index is 16.6. The second-order valence-corrected chi connectivity index (χ2v) is 19.3. The minimum atomic E-state index is -1.02. The molecular weight excluding hydrogens is 841 g/mol. The van der Waals surface area contributed by atoms with Gasteiger partial charge in [0.05, 0.1) is 22.6 Å². The highest BCUT2D eigenvalue weighted by Gasteiger charge is 2.36. The Balaban J connectivity index is 0.801. The Hall–Kier alpha value is -6.02. The number of aromatic carboxylic acids is 1. The van der Waals surface area contributed by atoms with Crippen LogP contribution >= 0.6 is 11.3 Å². The van der Waals surface area contributed by atoms with E-state index in [1.165, 1.54) is 22.6 Å². The van der Waals surface area contributed by atoms with Crippen molar-refractivity contribution in [1.82, 2.24) is 19.7 Å². The number of nitrogens with zero attached hydrogens (tertiary/aromatic N) is 7. The molecule has 0 spiro atoms. The van der Waals surface area contributed by atoms with Gasteiger partial charge in [0.1, 0.15) is 28.5 Å². The van der Waals surface area contributed by atoms with Gasteiger partial charge in [0.2, 0.25) is 0 Å². The molecule has 0 saturated carbocycles. The molecule has 0 bridgehead atoms. The molecule has 4 aliphatic rings. The number of hydrogen-bond acceptors (Lipinski definition) is 9. The molecule has 4 aromatic carbocycles. The van der Waals surface area contributed by atoms with E-state index < -0.39 is 23.2 Å². The highest BCUT2D eigenvalue weighted by Crippen LogP contribution is 2.43. The fourth-order valence-corrected chi connectivity index (χ4v) is 11.6. The third-order valence-electron chi connectivity index (χ3n) is 14.0. The Morgan fingerprint density at radius 1 is 0.815 bits per heavy atom. The minimum Gasteiger partial charge on any atom is -0.478 e. The summed E-state index contributed by atoms with van der Waals surface area (Å²) in [4.78, 5) is 24.8. The molecule has 2 fully saturated rings. The summed E-state index contributed by atoms with van der Waals surface area (Å²) in [6, 6.07) is 25.9. The van der Waals surface area contributed by atoms with Gasteiger partial charge in [0, 0.05) is 79.1 Å². The molecule has 5 heterocycles. The summed E-state index contributed by atoms with van der Waals surface area (Å²) in [7, 11) is 0. The summed E-state index contributed by atoms with van der Waals surface area (Å²) in [6.45, 7) is 12.6. The molecule has 3 aliphatic heterocycles. The number of carboxylic acids is 1. The first-order valence-corrected chi connectivity index (χ1v) is 23.5. The largest absolute Gasteiger partial charge is 0.478 e. The van der Waals surface area contributed by atoms with E-state index in [9.17, 15) is 15.0 Å². The molecule has 1 atom stereocenters. The van der Waals surface area contributed by atoms with Gasteiger partial charge in [-0.2, -0.15) is 0 Å². The number of piperidine rings is 1. The van der Waals surface area contributed by atoms with E-state index >= 15 is 8.78 Å². The quantitative estimate of drug-likeness (QED) is 0.156. The molecule has 0 radical (unpaired) electrons. The Morgan fingerprint density at radius 3 is 2.28 bits per heavy atom. The molecule has 0 amide bonds.